The third-order valence-corrected chi connectivity index (χ3v) is 7.60. The Hall–Kier alpha value is -2.85. The summed E-state index contributed by atoms with van der Waals surface area (Å²) in [5.41, 5.74) is 0.693. The Morgan fingerprint density at radius 3 is 2.55 bits per heavy atom. The monoisotopic (exact) mass is 473 g/mol. The number of likely N-dealkylation sites (tertiary alicyclic amines) is 1. The van der Waals surface area contributed by atoms with E-state index in [1.54, 1.807) is 18.2 Å². The zero-order chi connectivity index (χ0) is 23.4. The number of carbonyl (C=O) groups excluding carboxylic acids is 1. The number of rotatable bonds is 6. The maximum Gasteiger partial charge on any atom is 0.261 e. The van der Waals surface area contributed by atoms with Gasteiger partial charge in [0, 0.05) is 38.8 Å². The summed E-state index contributed by atoms with van der Waals surface area (Å²) in [6.45, 7) is 5.84. The first-order chi connectivity index (χ1) is 15.9. The van der Waals surface area contributed by atoms with Crippen molar-refractivity contribution >= 4 is 27.4 Å². The molecule has 2 saturated heterocycles. The molecule has 2 aliphatic rings. The van der Waals surface area contributed by atoms with Crippen molar-refractivity contribution in [2.45, 2.75) is 37.1 Å². The van der Waals surface area contributed by atoms with Crippen LogP contribution in [-0.4, -0.2) is 70.1 Å². The number of carbonyl (C=O) groups is 1. The SMILES string of the molecule is COc1ccc(S(=O)(=O)Nc2cnc(N3CCNCC3)c(C(=O)N3CCCC[C@@H]3C)c2)cc1. The lowest BCUT2D eigenvalue weighted by Crippen LogP contribution is -2.46. The Balaban J connectivity index is 1.66. The second-order valence-electron chi connectivity index (χ2n) is 8.46. The van der Waals surface area contributed by atoms with Crippen LogP contribution in [0.1, 0.15) is 36.5 Å². The largest absolute Gasteiger partial charge is 0.497 e. The zero-order valence-corrected chi connectivity index (χ0v) is 19.9. The van der Waals surface area contributed by atoms with Gasteiger partial charge in [-0.05, 0) is 56.5 Å². The minimum atomic E-state index is -3.85. The molecule has 1 aromatic carbocycles. The Labute approximate surface area is 195 Å². The molecule has 0 bridgehead atoms. The summed E-state index contributed by atoms with van der Waals surface area (Å²) in [4.78, 5) is 22.2. The fourth-order valence-electron chi connectivity index (χ4n) is 4.32. The molecule has 2 aliphatic heterocycles. The topological polar surface area (TPSA) is 104 Å². The van der Waals surface area contributed by atoms with Gasteiger partial charge in [0.15, 0.2) is 0 Å². The first kappa shape index (κ1) is 23.3. The zero-order valence-electron chi connectivity index (χ0n) is 19.1. The first-order valence-electron chi connectivity index (χ1n) is 11.3. The van der Waals surface area contributed by atoms with Gasteiger partial charge in [-0.15, -0.1) is 0 Å². The maximum atomic E-state index is 13.6. The molecule has 0 unspecified atom stereocenters. The number of hydrogen-bond acceptors (Lipinski definition) is 7. The molecule has 1 atom stereocenters. The lowest BCUT2D eigenvalue weighted by atomic mass is 10.0. The van der Waals surface area contributed by atoms with E-state index in [2.05, 4.69) is 26.8 Å². The first-order valence-corrected chi connectivity index (χ1v) is 12.8. The molecule has 9 nitrogen and oxygen atoms in total. The highest BCUT2D eigenvalue weighted by Crippen LogP contribution is 2.28. The Morgan fingerprint density at radius 2 is 1.88 bits per heavy atom. The highest BCUT2D eigenvalue weighted by Gasteiger charge is 2.29. The van der Waals surface area contributed by atoms with E-state index in [0.717, 1.165) is 45.4 Å². The van der Waals surface area contributed by atoms with E-state index in [0.29, 0.717) is 23.7 Å². The van der Waals surface area contributed by atoms with E-state index in [1.165, 1.54) is 25.4 Å². The van der Waals surface area contributed by atoms with Crippen molar-refractivity contribution in [1.82, 2.24) is 15.2 Å². The minimum Gasteiger partial charge on any atom is -0.497 e. The van der Waals surface area contributed by atoms with E-state index in [4.69, 9.17) is 4.74 Å². The average molecular weight is 474 g/mol. The van der Waals surface area contributed by atoms with Crippen molar-refractivity contribution in [2.24, 2.45) is 0 Å². The van der Waals surface area contributed by atoms with Crippen LogP contribution in [0.4, 0.5) is 11.5 Å². The maximum absolute atomic E-state index is 13.6. The molecular weight excluding hydrogens is 442 g/mol. The number of methoxy groups -OCH3 is 1. The van der Waals surface area contributed by atoms with Crippen molar-refractivity contribution in [2.75, 3.05) is 49.5 Å². The summed E-state index contributed by atoms with van der Waals surface area (Å²) in [6.07, 6.45) is 4.52. The number of amides is 1. The van der Waals surface area contributed by atoms with Crippen molar-refractivity contribution in [3.63, 3.8) is 0 Å². The Morgan fingerprint density at radius 1 is 1.15 bits per heavy atom. The van der Waals surface area contributed by atoms with Gasteiger partial charge in [0.2, 0.25) is 0 Å². The van der Waals surface area contributed by atoms with Crippen LogP contribution in [0.2, 0.25) is 0 Å². The molecule has 1 aromatic heterocycles. The van der Waals surface area contributed by atoms with Gasteiger partial charge in [0.25, 0.3) is 15.9 Å². The van der Waals surface area contributed by atoms with Crippen molar-refractivity contribution in [1.29, 1.82) is 0 Å². The normalized spacial score (nSPS) is 19.3. The number of anilines is 2. The third kappa shape index (κ3) is 5.22. The van der Waals surface area contributed by atoms with E-state index in [9.17, 15) is 13.2 Å². The molecule has 4 rings (SSSR count). The molecule has 10 heteroatoms. The lowest BCUT2D eigenvalue weighted by molar-refractivity contribution is 0.0636. The van der Waals surface area contributed by atoms with Gasteiger partial charge < -0.3 is 19.9 Å². The third-order valence-electron chi connectivity index (χ3n) is 6.20. The van der Waals surface area contributed by atoms with E-state index < -0.39 is 10.0 Å². The minimum absolute atomic E-state index is 0.103. The van der Waals surface area contributed by atoms with Crippen LogP contribution in [0.25, 0.3) is 0 Å². The van der Waals surface area contributed by atoms with Crippen LogP contribution in [0.5, 0.6) is 5.75 Å². The predicted octanol–water partition coefficient (Wildman–Crippen LogP) is 2.32. The second-order valence-corrected chi connectivity index (χ2v) is 10.1. The van der Waals surface area contributed by atoms with Gasteiger partial charge >= 0.3 is 0 Å². The summed E-state index contributed by atoms with van der Waals surface area (Å²) in [5.74, 6) is 1.07. The lowest BCUT2D eigenvalue weighted by Gasteiger charge is -2.35. The highest BCUT2D eigenvalue weighted by atomic mass is 32.2. The quantitative estimate of drug-likeness (QED) is 0.664. The fraction of sp³-hybridized carbons (Fsp3) is 0.478. The molecule has 0 saturated carbocycles. The van der Waals surface area contributed by atoms with Crippen LogP contribution in [0.3, 0.4) is 0 Å². The number of nitrogens with zero attached hydrogens (tertiary/aromatic N) is 3. The van der Waals surface area contributed by atoms with E-state index >= 15 is 0 Å². The second kappa shape index (κ2) is 9.96. The van der Waals surface area contributed by atoms with Gasteiger partial charge in [-0.2, -0.15) is 0 Å². The molecular formula is C23H31N5O4S. The summed E-state index contributed by atoms with van der Waals surface area (Å²) in [7, 11) is -2.33. The molecule has 2 N–H and O–H groups in total. The molecule has 3 heterocycles. The standard InChI is InChI=1S/C23H31N5O4S/c1-17-5-3-4-12-28(17)23(29)21-15-18(16-25-22(21)27-13-10-24-11-14-27)26-33(30,31)20-8-6-19(32-2)7-9-20/h6-9,15-17,24,26H,3-5,10-14H2,1-2H3/t17-/m0/s1. The van der Waals surface area contributed by atoms with Crippen LogP contribution >= 0.6 is 0 Å². The van der Waals surface area contributed by atoms with Crippen LogP contribution in [0.15, 0.2) is 41.4 Å². The fourth-order valence-corrected chi connectivity index (χ4v) is 5.36. The van der Waals surface area contributed by atoms with Crippen molar-refractivity contribution < 1.29 is 17.9 Å². The average Bonchev–Trinajstić information content (AvgIpc) is 2.84. The number of piperazine rings is 1. The predicted molar refractivity (Wildman–Crippen MR) is 127 cm³/mol. The number of nitrogens with one attached hydrogen (secondary N) is 2. The molecule has 0 aliphatic carbocycles. The van der Waals surface area contributed by atoms with Crippen molar-refractivity contribution in [3.05, 3.63) is 42.1 Å². The summed E-state index contributed by atoms with van der Waals surface area (Å²) in [6, 6.07) is 7.90. The summed E-state index contributed by atoms with van der Waals surface area (Å²) >= 11 is 0. The van der Waals surface area contributed by atoms with Gasteiger partial charge in [-0.25, -0.2) is 13.4 Å². The number of hydrogen-bond donors (Lipinski definition) is 2. The Bertz CT molecular complexity index is 1080. The van der Waals surface area contributed by atoms with Gasteiger partial charge in [-0.3, -0.25) is 9.52 Å². The van der Waals surface area contributed by atoms with Crippen LogP contribution < -0.4 is 19.7 Å². The summed E-state index contributed by atoms with van der Waals surface area (Å²) < 4.78 is 33.5. The number of ether oxygens (including phenoxy) is 1. The Kier molecular flexibility index (Phi) is 7.04. The summed E-state index contributed by atoms with van der Waals surface area (Å²) in [5, 5.41) is 3.31. The molecule has 0 radical (unpaired) electrons. The van der Waals surface area contributed by atoms with Gasteiger partial charge in [-0.1, -0.05) is 0 Å². The van der Waals surface area contributed by atoms with E-state index in [1.807, 2.05) is 4.90 Å². The van der Waals surface area contributed by atoms with Crippen LogP contribution in [-0.2, 0) is 10.0 Å². The number of benzene rings is 1. The molecule has 33 heavy (non-hydrogen) atoms. The molecule has 178 valence electrons. The molecule has 1 amide bonds. The van der Waals surface area contributed by atoms with E-state index in [-0.39, 0.29) is 22.5 Å². The van der Waals surface area contributed by atoms with Crippen molar-refractivity contribution in [3.8, 4) is 5.75 Å². The molecule has 0 spiro atoms. The number of piperidine rings is 1. The molecule has 2 aromatic rings. The number of aromatic nitrogens is 1. The highest BCUT2D eigenvalue weighted by molar-refractivity contribution is 7.92. The number of sulfonamides is 1. The molecule has 2 fully saturated rings. The number of pyridine rings is 1. The smallest absolute Gasteiger partial charge is 0.261 e. The van der Waals surface area contributed by atoms with Crippen LogP contribution in [0, 0.1) is 0 Å². The van der Waals surface area contributed by atoms with Gasteiger partial charge in [0.05, 0.1) is 29.5 Å². The van der Waals surface area contributed by atoms with Gasteiger partial charge in [0.1, 0.15) is 11.6 Å².